The van der Waals surface area contributed by atoms with Gasteiger partial charge in [0.1, 0.15) is 5.54 Å². The van der Waals surface area contributed by atoms with E-state index in [-0.39, 0.29) is 0 Å². The summed E-state index contributed by atoms with van der Waals surface area (Å²) in [5.41, 5.74) is 1.17. The van der Waals surface area contributed by atoms with Gasteiger partial charge in [0.25, 0.3) is 0 Å². The van der Waals surface area contributed by atoms with E-state index in [1.165, 1.54) is 5.56 Å². The number of aliphatic carboxylic acids is 1. The summed E-state index contributed by atoms with van der Waals surface area (Å²) in [6.45, 7) is 8.15. The molecule has 0 aliphatic carbocycles. The average Bonchev–Trinajstić information content (AvgIpc) is 2.40. The molecule has 0 radical (unpaired) electrons. The first-order valence-corrected chi connectivity index (χ1v) is 7.01. The first kappa shape index (κ1) is 15.5. The van der Waals surface area contributed by atoms with Gasteiger partial charge in [0.2, 0.25) is 0 Å². The number of hydrogen-bond acceptors (Lipinski definition) is 2. The average molecular weight is 263 g/mol. The Morgan fingerprint density at radius 3 is 2.32 bits per heavy atom. The maximum absolute atomic E-state index is 11.7. The number of anilines is 1. The molecule has 2 unspecified atom stereocenters. The zero-order chi connectivity index (χ0) is 14.5. The molecule has 2 atom stereocenters. The number of carbonyl (C=O) groups is 1. The van der Waals surface area contributed by atoms with Gasteiger partial charge in [-0.1, -0.05) is 44.9 Å². The van der Waals surface area contributed by atoms with Gasteiger partial charge < -0.3 is 10.4 Å². The molecule has 1 aromatic carbocycles. The zero-order valence-electron chi connectivity index (χ0n) is 12.4. The van der Waals surface area contributed by atoms with Crippen molar-refractivity contribution in [3.8, 4) is 0 Å². The second-order valence-corrected chi connectivity index (χ2v) is 5.45. The van der Waals surface area contributed by atoms with Crippen LogP contribution in [0.3, 0.4) is 0 Å². The van der Waals surface area contributed by atoms with Crippen molar-refractivity contribution in [2.75, 3.05) is 5.32 Å². The van der Waals surface area contributed by atoms with Crippen molar-refractivity contribution in [3.05, 3.63) is 29.8 Å². The molecule has 2 N–H and O–H groups in total. The lowest BCUT2D eigenvalue weighted by Crippen LogP contribution is -2.47. The third-order valence-corrected chi connectivity index (χ3v) is 3.84. The van der Waals surface area contributed by atoms with Crippen LogP contribution in [-0.4, -0.2) is 16.6 Å². The van der Waals surface area contributed by atoms with Gasteiger partial charge >= 0.3 is 5.97 Å². The minimum absolute atomic E-state index is 0.383. The van der Waals surface area contributed by atoms with E-state index in [9.17, 15) is 9.90 Å². The Hall–Kier alpha value is -1.51. The van der Waals surface area contributed by atoms with Gasteiger partial charge in [0.05, 0.1) is 0 Å². The first-order valence-electron chi connectivity index (χ1n) is 7.01. The summed E-state index contributed by atoms with van der Waals surface area (Å²) in [4.78, 5) is 11.7. The number of nitrogens with one attached hydrogen (secondary N) is 1. The molecule has 0 fully saturated rings. The number of carboxylic acid groups (broad SMARTS) is 1. The number of aryl methyl sites for hydroxylation is 1. The van der Waals surface area contributed by atoms with E-state index in [4.69, 9.17) is 0 Å². The van der Waals surface area contributed by atoms with Crippen LogP contribution in [0.1, 0.15) is 45.6 Å². The third-order valence-electron chi connectivity index (χ3n) is 3.84. The van der Waals surface area contributed by atoms with Crippen LogP contribution in [0.15, 0.2) is 24.3 Å². The summed E-state index contributed by atoms with van der Waals surface area (Å²) in [7, 11) is 0. The largest absolute Gasteiger partial charge is 0.480 e. The van der Waals surface area contributed by atoms with Crippen LogP contribution < -0.4 is 5.32 Å². The lowest BCUT2D eigenvalue weighted by Gasteiger charge is -2.33. The Morgan fingerprint density at radius 1 is 1.32 bits per heavy atom. The number of rotatable bonds is 7. The van der Waals surface area contributed by atoms with Gasteiger partial charge in [-0.05, 0) is 37.8 Å². The molecule has 0 bridgehead atoms. The van der Waals surface area contributed by atoms with Crippen LogP contribution in [-0.2, 0) is 4.79 Å². The van der Waals surface area contributed by atoms with E-state index >= 15 is 0 Å². The fraction of sp³-hybridized carbons (Fsp3) is 0.562. The van der Waals surface area contributed by atoms with Crippen LogP contribution in [0, 0.1) is 12.8 Å². The molecule has 1 aromatic rings. The van der Waals surface area contributed by atoms with Crippen LogP contribution >= 0.6 is 0 Å². The number of hydrogen-bond donors (Lipinski definition) is 2. The highest BCUT2D eigenvalue weighted by molar-refractivity contribution is 5.82. The lowest BCUT2D eigenvalue weighted by molar-refractivity contribution is -0.143. The van der Waals surface area contributed by atoms with Crippen molar-refractivity contribution in [2.45, 2.75) is 52.5 Å². The minimum atomic E-state index is -0.870. The predicted molar refractivity (Wildman–Crippen MR) is 79.5 cm³/mol. The van der Waals surface area contributed by atoms with Crippen LogP contribution in [0.2, 0.25) is 0 Å². The van der Waals surface area contributed by atoms with Crippen LogP contribution in [0.5, 0.6) is 0 Å². The molecule has 0 saturated carbocycles. The summed E-state index contributed by atoms with van der Waals surface area (Å²) >= 11 is 0. The Kier molecular flexibility index (Phi) is 5.40. The van der Waals surface area contributed by atoms with E-state index < -0.39 is 11.5 Å². The predicted octanol–water partition coefficient (Wildman–Crippen LogP) is 4.08. The van der Waals surface area contributed by atoms with Gasteiger partial charge in [-0.2, -0.15) is 0 Å². The molecular weight excluding hydrogens is 238 g/mol. The van der Waals surface area contributed by atoms with E-state index in [2.05, 4.69) is 19.2 Å². The molecule has 3 heteroatoms. The van der Waals surface area contributed by atoms with E-state index in [0.717, 1.165) is 12.1 Å². The maximum Gasteiger partial charge on any atom is 0.329 e. The Bertz CT molecular complexity index is 413. The van der Waals surface area contributed by atoms with Crippen LogP contribution in [0.25, 0.3) is 0 Å². The van der Waals surface area contributed by atoms with E-state index in [1.54, 1.807) is 0 Å². The quantitative estimate of drug-likeness (QED) is 0.779. The van der Waals surface area contributed by atoms with Crippen molar-refractivity contribution >= 4 is 11.7 Å². The summed E-state index contributed by atoms with van der Waals surface area (Å²) in [6.07, 6.45) is 2.20. The molecule has 106 valence electrons. The normalized spacial score (nSPS) is 15.6. The number of benzene rings is 1. The molecule has 0 heterocycles. The van der Waals surface area contributed by atoms with Crippen molar-refractivity contribution < 1.29 is 9.90 Å². The SMILES string of the molecule is CCC(C)CC(CC)(Nc1ccc(C)cc1)C(=O)O. The van der Waals surface area contributed by atoms with Gasteiger partial charge in [0.15, 0.2) is 0 Å². The topological polar surface area (TPSA) is 49.3 Å². The van der Waals surface area contributed by atoms with E-state index in [1.807, 2.05) is 38.1 Å². The Labute approximate surface area is 116 Å². The first-order chi connectivity index (χ1) is 8.93. The van der Waals surface area contributed by atoms with Gasteiger partial charge in [-0.25, -0.2) is 4.79 Å². The molecule has 0 aliphatic heterocycles. The molecule has 0 spiro atoms. The van der Waals surface area contributed by atoms with Crippen molar-refractivity contribution in [3.63, 3.8) is 0 Å². The lowest BCUT2D eigenvalue weighted by atomic mass is 9.84. The van der Waals surface area contributed by atoms with Crippen LogP contribution in [0.4, 0.5) is 5.69 Å². The van der Waals surface area contributed by atoms with Gasteiger partial charge in [-0.15, -0.1) is 0 Å². The van der Waals surface area contributed by atoms with Crippen molar-refractivity contribution in [2.24, 2.45) is 5.92 Å². The molecule has 19 heavy (non-hydrogen) atoms. The second-order valence-electron chi connectivity index (χ2n) is 5.45. The summed E-state index contributed by atoms with van der Waals surface area (Å²) < 4.78 is 0. The molecular formula is C16H25NO2. The fourth-order valence-electron chi connectivity index (χ4n) is 2.23. The smallest absolute Gasteiger partial charge is 0.329 e. The Morgan fingerprint density at radius 2 is 1.89 bits per heavy atom. The third kappa shape index (κ3) is 3.98. The highest BCUT2D eigenvalue weighted by Gasteiger charge is 2.37. The summed E-state index contributed by atoms with van der Waals surface area (Å²) in [5.74, 6) is -0.384. The minimum Gasteiger partial charge on any atom is -0.480 e. The van der Waals surface area contributed by atoms with E-state index in [0.29, 0.717) is 18.8 Å². The summed E-state index contributed by atoms with van der Waals surface area (Å²) in [5, 5.41) is 12.9. The van der Waals surface area contributed by atoms with Crippen molar-refractivity contribution in [1.29, 1.82) is 0 Å². The standard InChI is InChI=1S/C16H25NO2/c1-5-12(3)11-16(6-2,15(18)19)17-14-9-7-13(4)8-10-14/h7-10,12,17H,5-6,11H2,1-4H3,(H,18,19). The molecule has 3 nitrogen and oxygen atoms in total. The number of carboxylic acids is 1. The highest BCUT2D eigenvalue weighted by atomic mass is 16.4. The molecule has 0 amide bonds. The fourth-order valence-corrected chi connectivity index (χ4v) is 2.23. The Balaban J connectivity index is 2.96. The molecule has 0 aromatic heterocycles. The highest BCUT2D eigenvalue weighted by Crippen LogP contribution is 2.28. The van der Waals surface area contributed by atoms with Gasteiger partial charge in [-0.3, -0.25) is 0 Å². The zero-order valence-corrected chi connectivity index (χ0v) is 12.4. The maximum atomic E-state index is 11.7. The van der Waals surface area contributed by atoms with Crippen molar-refractivity contribution in [1.82, 2.24) is 0 Å². The monoisotopic (exact) mass is 263 g/mol. The molecule has 0 saturated heterocycles. The summed E-state index contributed by atoms with van der Waals surface area (Å²) in [6, 6.07) is 7.88. The molecule has 0 aliphatic rings. The van der Waals surface area contributed by atoms with Gasteiger partial charge in [0, 0.05) is 5.69 Å². The second kappa shape index (κ2) is 6.60. The molecule has 1 rings (SSSR count).